The van der Waals surface area contributed by atoms with E-state index in [2.05, 4.69) is 10.4 Å². The predicted molar refractivity (Wildman–Crippen MR) is 73.1 cm³/mol. The fraction of sp³-hybridized carbons (Fsp3) is 0.250. The van der Waals surface area contributed by atoms with E-state index >= 15 is 0 Å². The minimum absolute atomic E-state index is 0.0818. The molecule has 2 aromatic rings. The van der Waals surface area contributed by atoms with Gasteiger partial charge in [0.15, 0.2) is 0 Å². The highest BCUT2D eigenvalue weighted by atomic mass is 35.5. The fourth-order valence-electron chi connectivity index (χ4n) is 1.58. The van der Waals surface area contributed by atoms with E-state index in [1.54, 1.807) is 16.9 Å². The van der Waals surface area contributed by atoms with Crippen molar-refractivity contribution in [2.24, 2.45) is 0 Å². The first-order chi connectivity index (χ1) is 8.67. The molecule has 1 heterocycles. The molecule has 0 bridgehead atoms. The smallest absolute Gasteiger partial charge is 0.0640 e. The molecule has 0 aliphatic carbocycles. The highest BCUT2D eigenvalue weighted by Gasteiger charge is 2.00. The average molecular weight is 286 g/mol. The quantitative estimate of drug-likeness (QED) is 0.888. The van der Waals surface area contributed by atoms with Crippen molar-refractivity contribution in [1.82, 2.24) is 9.78 Å². The van der Waals surface area contributed by atoms with E-state index in [0.717, 1.165) is 11.3 Å². The van der Waals surface area contributed by atoms with Gasteiger partial charge in [-0.2, -0.15) is 5.10 Å². The molecule has 0 spiro atoms. The Balaban J connectivity index is 1.97. The number of aliphatic hydroxyl groups is 1. The van der Waals surface area contributed by atoms with Crippen LogP contribution in [0.1, 0.15) is 5.56 Å². The number of benzene rings is 1. The monoisotopic (exact) mass is 285 g/mol. The van der Waals surface area contributed by atoms with Gasteiger partial charge >= 0.3 is 0 Å². The van der Waals surface area contributed by atoms with Crippen LogP contribution in [-0.2, 0) is 13.1 Å². The number of anilines is 1. The fourth-order valence-corrected chi connectivity index (χ4v) is 2.11. The SMILES string of the molecule is OCCn1cc(CNc2cc(Cl)cc(Cl)c2)cn1. The van der Waals surface area contributed by atoms with E-state index in [4.69, 9.17) is 28.3 Å². The third-order valence-corrected chi connectivity index (χ3v) is 2.81. The summed E-state index contributed by atoms with van der Waals surface area (Å²) in [6, 6.07) is 5.31. The second-order valence-electron chi connectivity index (χ2n) is 3.85. The number of nitrogens with one attached hydrogen (secondary N) is 1. The van der Waals surface area contributed by atoms with Gasteiger partial charge in [0.25, 0.3) is 0 Å². The summed E-state index contributed by atoms with van der Waals surface area (Å²) in [5.74, 6) is 0. The van der Waals surface area contributed by atoms with E-state index in [1.807, 2.05) is 18.3 Å². The Labute approximate surface area is 115 Å². The Kier molecular flexibility index (Phi) is 4.47. The molecule has 0 amide bonds. The molecule has 0 saturated carbocycles. The molecule has 0 aliphatic rings. The standard InChI is InChI=1S/C12H13Cl2N3O/c13-10-3-11(14)5-12(4-10)15-6-9-7-16-17(8-9)1-2-18/h3-5,7-8,15,18H,1-2,6H2. The molecule has 2 rings (SSSR count). The zero-order valence-corrected chi connectivity index (χ0v) is 11.1. The van der Waals surface area contributed by atoms with Crippen LogP contribution in [0.4, 0.5) is 5.69 Å². The van der Waals surface area contributed by atoms with Gasteiger partial charge in [-0.25, -0.2) is 0 Å². The van der Waals surface area contributed by atoms with Gasteiger partial charge in [-0.15, -0.1) is 0 Å². The summed E-state index contributed by atoms with van der Waals surface area (Å²) in [6.07, 6.45) is 3.64. The third kappa shape index (κ3) is 3.63. The molecule has 1 aromatic carbocycles. The molecule has 0 atom stereocenters. The molecular formula is C12H13Cl2N3O. The van der Waals surface area contributed by atoms with Crippen molar-refractivity contribution in [2.45, 2.75) is 13.1 Å². The van der Waals surface area contributed by atoms with Crippen molar-refractivity contribution in [2.75, 3.05) is 11.9 Å². The molecular weight excluding hydrogens is 273 g/mol. The second-order valence-corrected chi connectivity index (χ2v) is 4.72. The van der Waals surface area contributed by atoms with E-state index in [9.17, 15) is 0 Å². The lowest BCUT2D eigenvalue weighted by Gasteiger charge is -2.05. The first kappa shape index (κ1) is 13.2. The summed E-state index contributed by atoms with van der Waals surface area (Å²) in [4.78, 5) is 0. The second kappa shape index (κ2) is 6.09. The van der Waals surface area contributed by atoms with E-state index < -0.39 is 0 Å². The summed E-state index contributed by atoms with van der Waals surface area (Å²) < 4.78 is 1.70. The maximum atomic E-state index is 8.79. The normalized spacial score (nSPS) is 10.6. The zero-order valence-electron chi connectivity index (χ0n) is 9.61. The summed E-state index contributed by atoms with van der Waals surface area (Å²) in [6.45, 7) is 1.21. The summed E-state index contributed by atoms with van der Waals surface area (Å²) in [5, 5.41) is 17.3. The lowest BCUT2D eigenvalue weighted by atomic mass is 10.3. The predicted octanol–water partition coefficient (Wildman–Crippen LogP) is 2.79. The maximum absolute atomic E-state index is 8.79. The highest BCUT2D eigenvalue weighted by Crippen LogP contribution is 2.22. The minimum atomic E-state index is 0.0818. The Morgan fingerprint density at radius 2 is 1.94 bits per heavy atom. The number of aromatic nitrogens is 2. The number of nitrogens with zero attached hydrogens (tertiary/aromatic N) is 2. The third-order valence-electron chi connectivity index (χ3n) is 2.38. The molecule has 1 aromatic heterocycles. The van der Waals surface area contributed by atoms with Crippen LogP contribution in [0, 0.1) is 0 Å². The van der Waals surface area contributed by atoms with Crippen molar-refractivity contribution in [1.29, 1.82) is 0 Å². The van der Waals surface area contributed by atoms with Gasteiger partial charge in [0.2, 0.25) is 0 Å². The molecule has 0 fully saturated rings. The van der Waals surface area contributed by atoms with Gasteiger partial charge in [0, 0.05) is 34.0 Å². The van der Waals surface area contributed by atoms with Gasteiger partial charge in [-0.3, -0.25) is 4.68 Å². The van der Waals surface area contributed by atoms with Crippen molar-refractivity contribution in [3.05, 3.63) is 46.2 Å². The molecule has 96 valence electrons. The van der Waals surface area contributed by atoms with Gasteiger partial charge in [-0.1, -0.05) is 23.2 Å². The van der Waals surface area contributed by atoms with E-state index in [1.165, 1.54) is 0 Å². The van der Waals surface area contributed by atoms with Crippen molar-refractivity contribution in [3.8, 4) is 0 Å². The van der Waals surface area contributed by atoms with Crippen LogP contribution < -0.4 is 5.32 Å². The lowest BCUT2D eigenvalue weighted by molar-refractivity contribution is 0.269. The first-order valence-corrected chi connectivity index (χ1v) is 6.25. The number of halogens is 2. The Hall–Kier alpha value is -1.23. The van der Waals surface area contributed by atoms with E-state index in [0.29, 0.717) is 23.1 Å². The van der Waals surface area contributed by atoms with Crippen molar-refractivity contribution >= 4 is 28.9 Å². The molecule has 0 unspecified atom stereocenters. The van der Waals surface area contributed by atoms with Crippen LogP contribution in [0.3, 0.4) is 0 Å². The van der Waals surface area contributed by atoms with Crippen LogP contribution in [0.2, 0.25) is 10.0 Å². The van der Waals surface area contributed by atoms with E-state index in [-0.39, 0.29) is 6.61 Å². The summed E-state index contributed by atoms with van der Waals surface area (Å²) in [7, 11) is 0. The number of rotatable bonds is 5. The minimum Gasteiger partial charge on any atom is -0.394 e. The van der Waals surface area contributed by atoms with Gasteiger partial charge in [-0.05, 0) is 18.2 Å². The molecule has 6 heteroatoms. The summed E-state index contributed by atoms with van der Waals surface area (Å²) in [5.41, 5.74) is 1.89. The van der Waals surface area contributed by atoms with Crippen LogP contribution in [0.25, 0.3) is 0 Å². The molecule has 0 radical (unpaired) electrons. The molecule has 4 nitrogen and oxygen atoms in total. The van der Waals surface area contributed by atoms with Crippen LogP contribution in [-0.4, -0.2) is 21.5 Å². The average Bonchev–Trinajstić information content (AvgIpc) is 2.74. The van der Waals surface area contributed by atoms with Crippen molar-refractivity contribution < 1.29 is 5.11 Å². The Morgan fingerprint density at radius 1 is 1.22 bits per heavy atom. The Bertz CT molecular complexity index is 508. The zero-order chi connectivity index (χ0) is 13.0. The van der Waals surface area contributed by atoms with Gasteiger partial charge in [0.1, 0.15) is 0 Å². The van der Waals surface area contributed by atoms with Gasteiger partial charge in [0.05, 0.1) is 19.3 Å². The van der Waals surface area contributed by atoms with Crippen LogP contribution >= 0.6 is 23.2 Å². The van der Waals surface area contributed by atoms with Crippen molar-refractivity contribution in [3.63, 3.8) is 0 Å². The Morgan fingerprint density at radius 3 is 2.61 bits per heavy atom. The van der Waals surface area contributed by atoms with Gasteiger partial charge < -0.3 is 10.4 Å². The number of aliphatic hydroxyl groups excluding tert-OH is 1. The summed E-state index contributed by atoms with van der Waals surface area (Å²) >= 11 is 11.8. The first-order valence-electron chi connectivity index (χ1n) is 5.49. The topological polar surface area (TPSA) is 50.1 Å². The lowest BCUT2D eigenvalue weighted by Crippen LogP contribution is -2.02. The number of hydrogen-bond acceptors (Lipinski definition) is 3. The largest absolute Gasteiger partial charge is 0.394 e. The number of hydrogen-bond donors (Lipinski definition) is 2. The van der Waals surface area contributed by atoms with Crippen LogP contribution in [0.5, 0.6) is 0 Å². The maximum Gasteiger partial charge on any atom is 0.0640 e. The molecule has 0 saturated heterocycles. The highest BCUT2D eigenvalue weighted by molar-refractivity contribution is 6.35. The van der Waals surface area contributed by atoms with Crippen LogP contribution in [0.15, 0.2) is 30.6 Å². The molecule has 2 N–H and O–H groups in total. The molecule has 0 aliphatic heterocycles. The molecule has 18 heavy (non-hydrogen) atoms.